The van der Waals surface area contributed by atoms with Crippen LogP contribution in [-0.4, -0.2) is 25.0 Å². The number of carbonyl (C=O) groups is 2. The van der Waals surface area contributed by atoms with E-state index in [-0.39, 0.29) is 12.5 Å². The number of nitrogens with two attached hydrogens (primary N) is 1. The van der Waals surface area contributed by atoms with E-state index < -0.39 is 5.91 Å². The van der Waals surface area contributed by atoms with Gasteiger partial charge in [0.2, 0.25) is 0 Å². The number of fused-ring (bicyclic) bond motifs is 1. The average Bonchev–Trinajstić information content (AvgIpc) is 3.11. The Labute approximate surface area is 179 Å². The van der Waals surface area contributed by atoms with Gasteiger partial charge in [0.25, 0.3) is 11.8 Å². The summed E-state index contributed by atoms with van der Waals surface area (Å²) in [4.78, 5) is 27.1. The minimum Gasteiger partial charge on any atom is -0.484 e. The van der Waals surface area contributed by atoms with E-state index in [0.29, 0.717) is 16.3 Å². The molecule has 2 heterocycles. The molecule has 0 saturated carbocycles. The number of thiophene rings is 1. The first-order chi connectivity index (χ1) is 14.6. The molecule has 1 aromatic heterocycles. The zero-order valence-electron chi connectivity index (χ0n) is 16.5. The molecular weight excluding hydrogens is 398 g/mol. The molecule has 0 saturated heterocycles. The average molecular weight is 423 g/mol. The fraction of sp³-hybridized carbons (Fsp3) is 0.217. The third kappa shape index (κ3) is 4.69. The van der Waals surface area contributed by atoms with Crippen LogP contribution in [0.1, 0.15) is 26.4 Å². The van der Waals surface area contributed by atoms with E-state index in [1.54, 1.807) is 12.1 Å². The lowest BCUT2D eigenvalue weighted by atomic mass is 10.0. The summed E-state index contributed by atoms with van der Waals surface area (Å²) in [5.41, 5.74) is 8.37. The summed E-state index contributed by atoms with van der Waals surface area (Å²) in [7, 11) is 0. The van der Waals surface area contributed by atoms with E-state index >= 15 is 0 Å². The molecule has 1 unspecified atom stereocenters. The maximum absolute atomic E-state index is 12.4. The van der Waals surface area contributed by atoms with E-state index in [2.05, 4.69) is 17.4 Å². The van der Waals surface area contributed by atoms with Crippen LogP contribution in [-0.2, 0) is 24.3 Å². The molecule has 2 amide bonds. The van der Waals surface area contributed by atoms with Crippen LogP contribution in [0.15, 0.2) is 60.7 Å². The van der Waals surface area contributed by atoms with Gasteiger partial charge in [0.15, 0.2) is 6.61 Å². The van der Waals surface area contributed by atoms with Crippen LogP contribution < -0.4 is 20.7 Å². The Hall–Kier alpha value is -3.16. The number of quaternary nitrogens is 1. The van der Waals surface area contributed by atoms with Gasteiger partial charge in [-0.25, -0.2) is 0 Å². The molecule has 0 spiro atoms. The lowest BCUT2D eigenvalue weighted by molar-refractivity contribution is -0.929. The Morgan fingerprint density at radius 1 is 1.07 bits per heavy atom. The summed E-state index contributed by atoms with van der Waals surface area (Å²) >= 11 is 1.45. The molecule has 3 aromatic rings. The molecule has 6 nitrogen and oxygen atoms in total. The largest absolute Gasteiger partial charge is 0.484 e. The van der Waals surface area contributed by atoms with Gasteiger partial charge >= 0.3 is 0 Å². The molecule has 4 N–H and O–H groups in total. The molecule has 1 aliphatic heterocycles. The quantitative estimate of drug-likeness (QED) is 0.544. The second kappa shape index (κ2) is 9.11. The summed E-state index contributed by atoms with van der Waals surface area (Å²) in [6, 6.07) is 19.5. The highest BCUT2D eigenvalue weighted by Crippen LogP contribution is 2.34. The summed E-state index contributed by atoms with van der Waals surface area (Å²) in [5, 5.41) is 3.35. The third-order valence-corrected chi connectivity index (χ3v) is 6.29. The predicted octanol–water partition coefficient (Wildman–Crippen LogP) is 2.01. The van der Waals surface area contributed by atoms with Crippen LogP contribution >= 0.6 is 11.3 Å². The Bertz CT molecular complexity index is 1030. The monoisotopic (exact) mass is 422 g/mol. The number of nitrogens with one attached hydrogen (secondary N) is 2. The second-order valence-corrected chi connectivity index (χ2v) is 8.42. The number of primary amides is 1. The Morgan fingerprint density at radius 2 is 1.77 bits per heavy atom. The molecule has 1 atom stereocenters. The molecule has 4 rings (SSSR count). The zero-order valence-corrected chi connectivity index (χ0v) is 17.3. The number of benzene rings is 2. The van der Waals surface area contributed by atoms with Crippen molar-refractivity contribution in [2.75, 3.05) is 18.5 Å². The van der Waals surface area contributed by atoms with Gasteiger partial charge < -0.3 is 20.7 Å². The highest BCUT2D eigenvalue weighted by molar-refractivity contribution is 7.17. The lowest BCUT2D eigenvalue weighted by Crippen LogP contribution is -3.10. The van der Waals surface area contributed by atoms with Crippen molar-refractivity contribution >= 4 is 28.2 Å². The van der Waals surface area contributed by atoms with E-state index in [0.717, 1.165) is 36.5 Å². The van der Waals surface area contributed by atoms with E-state index in [1.165, 1.54) is 21.8 Å². The van der Waals surface area contributed by atoms with Crippen molar-refractivity contribution in [3.63, 3.8) is 0 Å². The molecule has 1 aliphatic rings. The number of anilines is 1. The fourth-order valence-electron chi connectivity index (χ4n) is 3.75. The molecule has 0 radical (unpaired) electrons. The van der Waals surface area contributed by atoms with Crippen molar-refractivity contribution < 1.29 is 19.2 Å². The first-order valence-electron chi connectivity index (χ1n) is 9.89. The van der Waals surface area contributed by atoms with Crippen molar-refractivity contribution in [3.05, 3.63) is 82.2 Å². The van der Waals surface area contributed by atoms with Gasteiger partial charge in [0, 0.05) is 12.0 Å². The van der Waals surface area contributed by atoms with E-state index in [1.807, 2.05) is 36.4 Å². The predicted molar refractivity (Wildman–Crippen MR) is 117 cm³/mol. The van der Waals surface area contributed by atoms with Gasteiger partial charge in [0.1, 0.15) is 23.8 Å². The summed E-state index contributed by atoms with van der Waals surface area (Å²) < 4.78 is 5.50. The van der Waals surface area contributed by atoms with Crippen LogP contribution in [0.5, 0.6) is 5.75 Å². The van der Waals surface area contributed by atoms with Crippen molar-refractivity contribution in [3.8, 4) is 5.75 Å². The van der Waals surface area contributed by atoms with Crippen LogP contribution in [0, 0.1) is 0 Å². The number of rotatable bonds is 7. The van der Waals surface area contributed by atoms with Crippen molar-refractivity contribution in [2.45, 2.75) is 19.5 Å². The van der Waals surface area contributed by atoms with E-state index in [4.69, 9.17) is 10.5 Å². The molecule has 0 bridgehead atoms. The van der Waals surface area contributed by atoms with Crippen LogP contribution in [0.2, 0.25) is 0 Å². The van der Waals surface area contributed by atoms with Crippen LogP contribution in [0.4, 0.5) is 5.00 Å². The molecule has 7 heteroatoms. The Kier molecular flexibility index (Phi) is 6.11. The van der Waals surface area contributed by atoms with Crippen molar-refractivity contribution in [1.29, 1.82) is 0 Å². The molecule has 30 heavy (non-hydrogen) atoms. The summed E-state index contributed by atoms with van der Waals surface area (Å²) in [5.74, 6) is -0.194. The van der Waals surface area contributed by atoms with Gasteiger partial charge in [-0.15, -0.1) is 11.3 Å². The molecule has 0 aliphatic carbocycles. The van der Waals surface area contributed by atoms with Gasteiger partial charge in [-0.1, -0.05) is 48.5 Å². The van der Waals surface area contributed by atoms with Gasteiger partial charge in [-0.2, -0.15) is 0 Å². The first kappa shape index (κ1) is 20.1. The second-order valence-electron chi connectivity index (χ2n) is 7.31. The minimum absolute atomic E-state index is 0.129. The lowest BCUT2D eigenvalue weighted by Gasteiger charge is -2.24. The third-order valence-electron chi connectivity index (χ3n) is 5.14. The molecule has 154 valence electrons. The number of para-hydroxylation sites is 1. The van der Waals surface area contributed by atoms with Crippen molar-refractivity contribution in [2.24, 2.45) is 5.73 Å². The Morgan fingerprint density at radius 3 is 2.47 bits per heavy atom. The van der Waals surface area contributed by atoms with Gasteiger partial charge in [-0.05, 0) is 17.7 Å². The van der Waals surface area contributed by atoms with Crippen LogP contribution in [0.25, 0.3) is 0 Å². The zero-order chi connectivity index (χ0) is 20.9. The highest BCUT2D eigenvalue weighted by Gasteiger charge is 2.29. The first-order valence-corrected chi connectivity index (χ1v) is 10.7. The minimum atomic E-state index is -0.502. The molecule has 0 fully saturated rings. The van der Waals surface area contributed by atoms with E-state index in [9.17, 15) is 9.59 Å². The maximum atomic E-state index is 12.4. The number of hydrogen-bond acceptors (Lipinski definition) is 4. The smallest absolute Gasteiger partial charge is 0.262 e. The maximum Gasteiger partial charge on any atom is 0.262 e. The molecule has 2 aromatic carbocycles. The highest BCUT2D eigenvalue weighted by atomic mass is 32.1. The standard InChI is InChI=1S/C23H23N3O3S/c24-22(28)21-18-11-12-26(13-16-7-3-1-4-8-16)14-19(18)30-23(21)25-20(27)15-29-17-9-5-2-6-10-17/h1-10H,11-15H2,(H2,24,28)(H,25,27)/p+1. The number of amides is 2. The normalized spacial score (nSPS) is 15.3. The van der Waals surface area contributed by atoms with Gasteiger partial charge in [0.05, 0.1) is 17.0 Å². The van der Waals surface area contributed by atoms with Crippen LogP contribution in [0.3, 0.4) is 0 Å². The fourth-order valence-corrected chi connectivity index (χ4v) is 5.09. The number of hydrogen-bond donors (Lipinski definition) is 3. The van der Waals surface area contributed by atoms with Crippen molar-refractivity contribution in [1.82, 2.24) is 0 Å². The topological polar surface area (TPSA) is 85.9 Å². The Balaban J connectivity index is 1.45. The van der Waals surface area contributed by atoms with Gasteiger partial charge in [-0.3, -0.25) is 9.59 Å². The summed E-state index contributed by atoms with van der Waals surface area (Å²) in [6.07, 6.45) is 0.767. The number of carbonyl (C=O) groups excluding carboxylic acids is 2. The summed E-state index contributed by atoms with van der Waals surface area (Å²) in [6.45, 7) is 2.53. The SMILES string of the molecule is NC(=O)c1c(NC(=O)COc2ccccc2)sc2c1CC[NH+](Cc1ccccc1)C2. The number of ether oxygens (including phenoxy) is 1. The molecular formula is C23H24N3O3S+.